The molecule has 0 saturated heterocycles. The Balaban J connectivity index is 2.27. The van der Waals surface area contributed by atoms with Crippen LogP contribution < -0.4 is 0 Å². The summed E-state index contributed by atoms with van der Waals surface area (Å²) in [6, 6.07) is 1.93. The van der Waals surface area contributed by atoms with E-state index in [-0.39, 0.29) is 12.0 Å². The Kier molecular flexibility index (Phi) is 1.68. The molecule has 1 aromatic heterocycles. The van der Waals surface area contributed by atoms with Crippen LogP contribution in [0, 0.1) is 6.92 Å². The van der Waals surface area contributed by atoms with Crippen molar-refractivity contribution < 1.29 is 9.63 Å². The van der Waals surface area contributed by atoms with Gasteiger partial charge in [-0.2, -0.15) is 0 Å². The topological polar surface area (TPSA) is 46.3 Å². The number of aryl methyl sites for hydroxylation is 1. The largest absolute Gasteiger partial charge is 0.395 e. The van der Waals surface area contributed by atoms with E-state index in [1.807, 2.05) is 13.0 Å². The molecule has 1 heterocycles. The highest BCUT2D eigenvalue weighted by molar-refractivity contribution is 5.19. The lowest BCUT2D eigenvalue weighted by Gasteiger charge is -2.37. The van der Waals surface area contributed by atoms with E-state index in [2.05, 4.69) is 5.16 Å². The number of aliphatic hydroxyl groups is 1. The fourth-order valence-corrected chi connectivity index (χ4v) is 1.70. The quantitative estimate of drug-likeness (QED) is 0.724. The molecule has 0 radical (unpaired) electrons. The van der Waals surface area contributed by atoms with Gasteiger partial charge in [-0.15, -0.1) is 0 Å². The average molecular weight is 167 g/mol. The summed E-state index contributed by atoms with van der Waals surface area (Å²) < 4.78 is 5.15. The number of aromatic nitrogens is 1. The summed E-state index contributed by atoms with van der Waals surface area (Å²) in [4.78, 5) is 0. The van der Waals surface area contributed by atoms with Crippen molar-refractivity contribution >= 4 is 0 Å². The van der Waals surface area contributed by atoms with Crippen LogP contribution in [0.25, 0.3) is 0 Å². The molecule has 0 spiro atoms. The summed E-state index contributed by atoms with van der Waals surface area (Å²) in [5.41, 5.74) is 0.797. The number of hydrogen-bond acceptors (Lipinski definition) is 3. The van der Waals surface area contributed by atoms with E-state index in [0.29, 0.717) is 0 Å². The van der Waals surface area contributed by atoms with Gasteiger partial charge in [-0.25, -0.2) is 0 Å². The molecule has 66 valence electrons. The van der Waals surface area contributed by atoms with Crippen molar-refractivity contribution in [2.75, 3.05) is 6.61 Å². The lowest BCUT2D eigenvalue weighted by molar-refractivity contribution is 0.0916. The van der Waals surface area contributed by atoms with Gasteiger partial charge >= 0.3 is 0 Å². The maximum atomic E-state index is 9.21. The molecule has 3 nitrogen and oxygen atoms in total. The van der Waals surface area contributed by atoms with Crippen LogP contribution in [-0.4, -0.2) is 16.9 Å². The fourth-order valence-electron chi connectivity index (χ4n) is 1.70. The molecule has 2 rings (SSSR count). The molecule has 0 aromatic carbocycles. The van der Waals surface area contributed by atoms with E-state index in [1.165, 1.54) is 6.42 Å². The third-order valence-electron chi connectivity index (χ3n) is 2.76. The lowest BCUT2D eigenvalue weighted by Crippen LogP contribution is -2.37. The summed E-state index contributed by atoms with van der Waals surface area (Å²) in [6.45, 7) is 2.08. The third-order valence-corrected chi connectivity index (χ3v) is 2.76. The lowest BCUT2D eigenvalue weighted by atomic mass is 9.68. The molecule has 0 atom stereocenters. The van der Waals surface area contributed by atoms with Crippen LogP contribution in [0.4, 0.5) is 0 Å². The first kappa shape index (κ1) is 7.80. The first-order valence-corrected chi connectivity index (χ1v) is 4.31. The van der Waals surface area contributed by atoms with Crippen LogP contribution in [0.1, 0.15) is 30.7 Å². The van der Waals surface area contributed by atoms with E-state index in [1.54, 1.807) is 0 Å². The van der Waals surface area contributed by atoms with Gasteiger partial charge in [0.2, 0.25) is 0 Å². The Hall–Kier alpha value is -0.830. The number of rotatable bonds is 2. The van der Waals surface area contributed by atoms with Gasteiger partial charge in [0.1, 0.15) is 5.76 Å². The minimum atomic E-state index is -0.0960. The zero-order chi connectivity index (χ0) is 8.60. The molecule has 3 heteroatoms. The van der Waals surface area contributed by atoms with Gasteiger partial charge in [0, 0.05) is 6.07 Å². The highest BCUT2D eigenvalue weighted by Crippen LogP contribution is 2.43. The molecule has 1 aliphatic carbocycles. The molecule has 12 heavy (non-hydrogen) atoms. The van der Waals surface area contributed by atoms with Gasteiger partial charge in [-0.3, -0.25) is 0 Å². The van der Waals surface area contributed by atoms with Crippen molar-refractivity contribution in [1.29, 1.82) is 0 Å². The first-order chi connectivity index (χ1) is 5.77. The van der Waals surface area contributed by atoms with Crippen LogP contribution in [0.5, 0.6) is 0 Å². The van der Waals surface area contributed by atoms with Crippen LogP contribution in [-0.2, 0) is 5.41 Å². The standard InChI is InChI=1S/C9H13NO2/c1-7-5-8(12-10-7)9(6-11)3-2-4-9/h5,11H,2-4,6H2,1H3. The van der Waals surface area contributed by atoms with Gasteiger partial charge in [-0.05, 0) is 19.8 Å². The van der Waals surface area contributed by atoms with Crippen molar-refractivity contribution in [3.63, 3.8) is 0 Å². The number of hydrogen-bond donors (Lipinski definition) is 1. The predicted octanol–water partition coefficient (Wildman–Crippen LogP) is 1.40. The van der Waals surface area contributed by atoms with Crippen molar-refractivity contribution in [2.45, 2.75) is 31.6 Å². The first-order valence-electron chi connectivity index (χ1n) is 4.31. The van der Waals surface area contributed by atoms with Gasteiger partial charge in [0.15, 0.2) is 0 Å². The highest BCUT2D eigenvalue weighted by atomic mass is 16.5. The number of aliphatic hydroxyl groups excluding tert-OH is 1. The summed E-state index contributed by atoms with van der Waals surface area (Å²) in [5, 5.41) is 13.0. The summed E-state index contributed by atoms with van der Waals surface area (Å²) in [6.07, 6.45) is 3.23. The zero-order valence-corrected chi connectivity index (χ0v) is 7.21. The molecular formula is C9H13NO2. The molecule has 1 fully saturated rings. The Bertz CT molecular complexity index is 270. The second-order valence-electron chi connectivity index (χ2n) is 3.62. The third kappa shape index (κ3) is 0.966. The highest BCUT2D eigenvalue weighted by Gasteiger charge is 2.41. The minimum absolute atomic E-state index is 0.0960. The van der Waals surface area contributed by atoms with Crippen LogP contribution in [0.15, 0.2) is 10.6 Å². The van der Waals surface area contributed by atoms with Crippen molar-refractivity contribution in [1.82, 2.24) is 5.16 Å². The second kappa shape index (κ2) is 2.59. The Morgan fingerprint density at radius 2 is 2.42 bits per heavy atom. The molecule has 0 unspecified atom stereocenters. The minimum Gasteiger partial charge on any atom is -0.395 e. The molecule has 1 N–H and O–H groups in total. The Morgan fingerprint density at radius 1 is 1.67 bits per heavy atom. The molecule has 1 aromatic rings. The van der Waals surface area contributed by atoms with E-state index < -0.39 is 0 Å². The van der Waals surface area contributed by atoms with Crippen LogP contribution >= 0.6 is 0 Å². The SMILES string of the molecule is Cc1cc(C2(CO)CCC2)on1. The number of nitrogens with zero attached hydrogens (tertiary/aromatic N) is 1. The van der Waals surface area contributed by atoms with Gasteiger partial charge in [0.25, 0.3) is 0 Å². The van der Waals surface area contributed by atoms with Crippen molar-refractivity contribution in [3.05, 3.63) is 17.5 Å². The van der Waals surface area contributed by atoms with E-state index in [9.17, 15) is 5.11 Å². The molecular weight excluding hydrogens is 154 g/mol. The Labute approximate surface area is 71.4 Å². The fraction of sp³-hybridized carbons (Fsp3) is 0.667. The van der Waals surface area contributed by atoms with Crippen LogP contribution in [0.3, 0.4) is 0 Å². The summed E-state index contributed by atoms with van der Waals surface area (Å²) in [7, 11) is 0. The van der Waals surface area contributed by atoms with Crippen molar-refractivity contribution in [3.8, 4) is 0 Å². The second-order valence-corrected chi connectivity index (χ2v) is 3.62. The van der Waals surface area contributed by atoms with Gasteiger partial charge in [-0.1, -0.05) is 11.6 Å². The zero-order valence-electron chi connectivity index (χ0n) is 7.21. The van der Waals surface area contributed by atoms with E-state index in [0.717, 1.165) is 24.3 Å². The smallest absolute Gasteiger partial charge is 0.145 e. The summed E-state index contributed by atoms with van der Waals surface area (Å²) in [5.74, 6) is 0.855. The van der Waals surface area contributed by atoms with Gasteiger partial charge in [0.05, 0.1) is 17.7 Å². The normalized spacial score (nSPS) is 20.5. The molecule has 0 aliphatic heterocycles. The van der Waals surface area contributed by atoms with E-state index >= 15 is 0 Å². The van der Waals surface area contributed by atoms with E-state index in [4.69, 9.17) is 4.52 Å². The molecule has 1 aliphatic rings. The Morgan fingerprint density at radius 3 is 2.75 bits per heavy atom. The predicted molar refractivity (Wildman–Crippen MR) is 43.9 cm³/mol. The van der Waals surface area contributed by atoms with Crippen LogP contribution in [0.2, 0.25) is 0 Å². The molecule has 1 saturated carbocycles. The maximum absolute atomic E-state index is 9.21. The molecule has 0 bridgehead atoms. The monoisotopic (exact) mass is 167 g/mol. The van der Waals surface area contributed by atoms with Crippen molar-refractivity contribution in [2.24, 2.45) is 0 Å². The van der Waals surface area contributed by atoms with Gasteiger partial charge < -0.3 is 9.63 Å². The summed E-state index contributed by atoms with van der Waals surface area (Å²) >= 11 is 0. The average Bonchev–Trinajstić information content (AvgIpc) is 2.35. The molecule has 0 amide bonds. The maximum Gasteiger partial charge on any atom is 0.145 e.